The Balaban J connectivity index is 1.65. The number of pyridine rings is 1. The van der Waals surface area contributed by atoms with E-state index < -0.39 is 34.9 Å². The van der Waals surface area contributed by atoms with E-state index in [-0.39, 0.29) is 17.7 Å². The number of benzene rings is 2. The highest BCUT2D eigenvalue weighted by molar-refractivity contribution is 5.79. The van der Waals surface area contributed by atoms with E-state index in [1.165, 1.54) is 21.3 Å². The van der Waals surface area contributed by atoms with E-state index in [0.29, 0.717) is 46.3 Å². The number of hydrogen-bond donors (Lipinski definition) is 0. The van der Waals surface area contributed by atoms with Crippen molar-refractivity contribution in [3.05, 3.63) is 65.9 Å². The zero-order chi connectivity index (χ0) is 28.8. The molecule has 0 saturated carbocycles. The van der Waals surface area contributed by atoms with Crippen LogP contribution in [0.5, 0.6) is 17.2 Å². The molecule has 14 heteroatoms. The van der Waals surface area contributed by atoms with E-state index in [4.69, 9.17) is 18.6 Å². The molecule has 0 N–H and O–H groups in total. The summed E-state index contributed by atoms with van der Waals surface area (Å²) in [4.78, 5) is 4.61. The Labute approximate surface area is 221 Å². The van der Waals surface area contributed by atoms with Gasteiger partial charge in [-0.15, -0.1) is 10.2 Å². The first kappa shape index (κ1) is 26.8. The fourth-order valence-electron chi connectivity index (χ4n) is 4.12. The minimum absolute atomic E-state index is 0.0212. The maximum atomic E-state index is 13.3. The van der Waals surface area contributed by atoms with Crippen LogP contribution < -0.4 is 14.2 Å². The van der Waals surface area contributed by atoms with Crippen LogP contribution in [0.25, 0.3) is 39.9 Å². The van der Waals surface area contributed by atoms with Crippen molar-refractivity contribution in [2.75, 3.05) is 21.3 Å². The third-order valence-electron chi connectivity index (χ3n) is 5.93. The van der Waals surface area contributed by atoms with E-state index in [9.17, 15) is 26.3 Å². The van der Waals surface area contributed by atoms with Crippen molar-refractivity contribution in [3.63, 3.8) is 0 Å². The smallest absolute Gasteiger partial charge is 0.416 e. The van der Waals surface area contributed by atoms with Crippen LogP contribution in [-0.2, 0) is 12.4 Å². The monoisotopic (exact) mass is 564 g/mol. The standard InChI is InChI=1S/C26H18F6N4O4/c1-37-18-10-13(11-19(38-2)21(18)39-3)22-33-20(17-6-4-5-7-36(17)22)24-35-34-23(40-24)14-8-15(25(27,28)29)12-16(9-14)26(30,31)32/h4-12H,1-3H3. The molecule has 40 heavy (non-hydrogen) atoms. The number of hydrogen-bond acceptors (Lipinski definition) is 7. The van der Waals surface area contributed by atoms with Crippen molar-refractivity contribution in [1.82, 2.24) is 19.6 Å². The lowest BCUT2D eigenvalue weighted by atomic mass is 10.0. The maximum Gasteiger partial charge on any atom is 0.416 e. The Morgan fingerprint density at radius 2 is 1.32 bits per heavy atom. The molecule has 2 aromatic carbocycles. The predicted octanol–water partition coefficient (Wildman–Crippen LogP) is 6.78. The fourth-order valence-corrected chi connectivity index (χ4v) is 4.12. The average Bonchev–Trinajstić information content (AvgIpc) is 3.56. The predicted molar refractivity (Wildman–Crippen MR) is 129 cm³/mol. The zero-order valence-electron chi connectivity index (χ0n) is 20.9. The zero-order valence-corrected chi connectivity index (χ0v) is 20.9. The molecule has 0 saturated heterocycles. The molecule has 0 atom stereocenters. The van der Waals surface area contributed by atoms with Crippen molar-refractivity contribution < 1.29 is 45.0 Å². The summed E-state index contributed by atoms with van der Waals surface area (Å²) in [6.07, 6.45) is -8.37. The Hall–Kier alpha value is -4.75. The average molecular weight is 564 g/mol. The number of rotatable bonds is 6. The Kier molecular flexibility index (Phi) is 6.56. The van der Waals surface area contributed by atoms with E-state index in [2.05, 4.69) is 15.2 Å². The molecule has 3 aromatic heterocycles. The van der Waals surface area contributed by atoms with Gasteiger partial charge in [0, 0.05) is 17.3 Å². The van der Waals surface area contributed by atoms with Crippen LogP contribution in [0, 0.1) is 0 Å². The summed E-state index contributed by atoms with van der Waals surface area (Å²) in [5.74, 6) is 0.687. The van der Waals surface area contributed by atoms with Crippen LogP contribution in [0.2, 0.25) is 0 Å². The van der Waals surface area contributed by atoms with E-state index >= 15 is 0 Å². The van der Waals surface area contributed by atoms with Crippen LogP contribution in [0.4, 0.5) is 26.3 Å². The van der Waals surface area contributed by atoms with Gasteiger partial charge in [0.15, 0.2) is 17.2 Å². The third-order valence-corrected chi connectivity index (χ3v) is 5.93. The van der Waals surface area contributed by atoms with Crippen molar-refractivity contribution in [2.24, 2.45) is 0 Å². The van der Waals surface area contributed by atoms with Gasteiger partial charge in [0.25, 0.3) is 5.89 Å². The summed E-state index contributed by atoms with van der Waals surface area (Å²) in [6, 6.07) is 9.49. The highest BCUT2D eigenvalue weighted by Crippen LogP contribution is 2.42. The van der Waals surface area contributed by atoms with Crippen molar-refractivity contribution in [1.29, 1.82) is 0 Å². The largest absolute Gasteiger partial charge is 0.493 e. The Morgan fingerprint density at radius 1 is 0.725 bits per heavy atom. The number of ether oxygens (including phenoxy) is 3. The first-order valence-corrected chi connectivity index (χ1v) is 11.4. The van der Waals surface area contributed by atoms with Gasteiger partial charge in [-0.1, -0.05) is 6.07 Å². The Bertz CT molecular complexity index is 1650. The number of halogens is 6. The molecular formula is C26H18F6N4O4. The molecule has 0 bridgehead atoms. The normalized spacial score (nSPS) is 12.1. The second kappa shape index (κ2) is 9.77. The Morgan fingerprint density at radius 3 is 1.88 bits per heavy atom. The molecule has 0 amide bonds. The topological polar surface area (TPSA) is 83.9 Å². The van der Waals surface area contributed by atoms with Crippen molar-refractivity contribution in [3.8, 4) is 51.7 Å². The van der Waals surface area contributed by atoms with Gasteiger partial charge < -0.3 is 18.6 Å². The van der Waals surface area contributed by atoms with Gasteiger partial charge in [0.1, 0.15) is 5.82 Å². The maximum absolute atomic E-state index is 13.3. The lowest BCUT2D eigenvalue weighted by molar-refractivity contribution is -0.143. The highest BCUT2D eigenvalue weighted by Gasteiger charge is 2.37. The molecule has 5 rings (SSSR count). The molecule has 0 fully saturated rings. The van der Waals surface area contributed by atoms with Crippen LogP contribution >= 0.6 is 0 Å². The number of fused-ring (bicyclic) bond motifs is 1. The summed E-state index contributed by atoms with van der Waals surface area (Å²) < 4.78 is 104. The van der Waals surface area contributed by atoms with Gasteiger partial charge in [-0.05, 0) is 42.5 Å². The number of aromatic nitrogens is 4. The molecule has 3 heterocycles. The second-order valence-electron chi connectivity index (χ2n) is 8.36. The molecule has 0 aliphatic carbocycles. The number of alkyl halides is 6. The molecule has 208 valence electrons. The van der Waals surface area contributed by atoms with Crippen LogP contribution in [0.1, 0.15) is 11.1 Å². The van der Waals surface area contributed by atoms with Gasteiger partial charge in [0.05, 0.1) is 38.0 Å². The summed E-state index contributed by atoms with van der Waals surface area (Å²) in [6.45, 7) is 0. The number of imidazole rings is 1. The van der Waals surface area contributed by atoms with Gasteiger partial charge in [-0.25, -0.2) is 4.98 Å². The van der Waals surface area contributed by atoms with Crippen molar-refractivity contribution >= 4 is 5.52 Å². The first-order valence-electron chi connectivity index (χ1n) is 11.4. The minimum atomic E-state index is -5.03. The number of methoxy groups -OCH3 is 3. The molecule has 5 aromatic rings. The SMILES string of the molecule is COc1cc(-c2nc(-c3nnc(-c4cc(C(F)(F)F)cc(C(F)(F)F)c4)o3)c3ccccn23)cc(OC)c1OC. The molecular weight excluding hydrogens is 546 g/mol. The summed E-state index contributed by atoms with van der Waals surface area (Å²) >= 11 is 0. The van der Waals surface area contributed by atoms with Gasteiger partial charge in [-0.2, -0.15) is 26.3 Å². The minimum Gasteiger partial charge on any atom is -0.493 e. The quantitative estimate of drug-likeness (QED) is 0.210. The summed E-state index contributed by atoms with van der Waals surface area (Å²) in [5, 5.41) is 7.59. The molecule has 0 unspecified atom stereocenters. The molecule has 8 nitrogen and oxygen atoms in total. The van der Waals surface area contributed by atoms with Crippen LogP contribution in [-0.4, -0.2) is 40.9 Å². The molecule has 0 aliphatic heterocycles. The molecule has 0 aliphatic rings. The van der Waals surface area contributed by atoms with Crippen LogP contribution in [0.3, 0.4) is 0 Å². The fraction of sp³-hybridized carbons (Fsp3) is 0.192. The summed E-state index contributed by atoms with van der Waals surface area (Å²) in [5.41, 5.74) is -2.40. The van der Waals surface area contributed by atoms with E-state index in [1.54, 1.807) is 40.9 Å². The lowest BCUT2D eigenvalue weighted by Gasteiger charge is -2.13. The van der Waals surface area contributed by atoms with Crippen molar-refractivity contribution in [2.45, 2.75) is 12.4 Å². The summed E-state index contributed by atoms with van der Waals surface area (Å²) in [7, 11) is 4.36. The molecule has 0 radical (unpaired) electrons. The third kappa shape index (κ3) is 4.76. The molecule has 0 spiro atoms. The van der Waals surface area contributed by atoms with Gasteiger partial charge >= 0.3 is 12.4 Å². The van der Waals surface area contributed by atoms with E-state index in [1.807, 2.05) is 0 Å². The second-order valence-corrected chi connectivity index (χ2v) is 8.36. The van der Waals surface area contributed by atoms with Gasteiger partial charge in [0.2, 0.25) is 11.6 Å². The number of nitrogens with zero attached hydrogens (tertiary/aromatic N) is 4. The van der Waals surface area contributed by atoms with Gasteiger partial charge in [-0.3, -0.25) is 4.40 Å². The lowest BCUT2D eigenvalue weighted by Crippen LogP contribution is -2.11. The van der Waals surface area contributed by atoms with Crippen LogP contribution in [0.15, 0.2) is 59.1 Å². The highest BCUT2D eigenvalue weighted by atomic mass is 19.4. The van der Waals surface area contributed by atoms with E-state index in [0.717, 1.165) is 0 Å². The first-order chi connectivity index (χ1) is 18.9.